The first-order valence-electron chi connectivity index (χ1n) is 7.05. The zero-order chi connectivity index (χ0) is 14.1. The number of benzene rings is 1. The van der Waals surface area contributed by atoms with Crippen LogP contribution in [0.4, 0.5) is 0 Å². The molecule has 0 aliphatic rings. The minimum atomic E-state index is 0.388. The lowest BCUT2D eigenvalue weighted by molar-refractivity contribution is 0.325. The van der Waals surface area contributed by atoms with Gasteiger partial charge in [0, 0.05) is 12.5 Å². The maximum atomic E-state index is 5.73. The molecule has 0 saturated heterocycles. The van der Waals surface area contributed by atoms with Crippen molar-refractivity contribution in [3.8, 4) is 17.6 Å². The molecule has 19 heavy (non-hydrogen) atoms. The molecular formula is C17H25NO. The molecule has 2 heteroatoms. The summed E-state index contributed by atoms with van der Waals surface area (Å²) in [5.74, 6) is 6.84. The van der Waals surface area contributed by atoms with Crippen LogP contribution >= 0.6 is 0 Å². The second kappa shape index (κ2) is 8.61. The molecule has 0 radical (unpaired) electrons. The molecule has 0 aromatic heterocycles. The number of rotatable bonds is 7. The Hall–Kier alpha value is -1.46. The minimum Gasteiger partial charge on any atom is -0.492 e. The van der Waals surface area contributed by atoms with Gasteiger partial charge in [0.05, 0.1) is 6.61 Å². The lowest BCUT2D eigenvalue weighted by atomic mass is 10.0. The van der Waals surface area contributed by atoms with Gasteiger partial charge in [-0.05, 0) is 50.9 Å². The quantitative estimate of drug-likeness (QED) is 0.593. The second-order valence-electron chi connectivity index (χ2n) is 4.73. The number of aryl methyl sites for hydroxylation is 1. The normalized spacial score (nSPS) is 11.6. The molecule has 1 aromatic carbocycles. The molecule has 0 bridgehead atoms. The zero-order valence-electron chi connectivity index (χ0n) is 12.5. The molecule has 1 atom stereocenters. The van der Waals surface area contributed by atoms with Gasteiger partial charge in [0.2, 0.25) is 0 Å². The summed E-state index contributed by atoms with van der Waals surface area (Å²) in [6.45, 7) is 10.0. The Morgan fingerprint density at radius 1 is 1.37 bits per heavy atom. The molecule has 0 fully saturated rings. The standard InChI is InChI=1S/C17H25NO/c1-5-7-8-12-19-17-10-9-16(13-14(17)3)15(4)18-11-6-2/h9-10,13,15,18H,6,8,11-12H2,1-4H3. The Labute approximate surface area is 117 Å². The van der Waals surface area contributed by atoms with E-state index < -0.39 is 0 Å². The van der Waals surface area contributed by atoms with Crippen LogP contribution in [0, 0.1) is 18.8 Å². The highest BCUT2D eigenvalue weighted by molar-refractivity contribution is 5.37. The van der Waals surface area contributed by atoms with Crippen molar-refractivity contribution in [1.82, 2.24) is 5.32 Å². The highest BCUT2D eigenvalue weighted by atomic mass is 16.5. The predicted octanol–water partition coefficient (Wildman–Crippen LogP) is 3.85. The van der Waals surface area contributed by atoms with Gasteiger partial charge < -0.3 is 10.1 Å². The van der Waals surface area contributed by atoms with Crippen LogP contribution < -0.4 is 10.1 Å². The molecule has 1 aromatic rings. The summed E-state index contributed by atoms with van der Waals surface area (Å²) in [5, 5.41) is 3.50. The smallest absolute Gasteiger partial charge is 0.122 e. The van der Waals surface area contributed by atoms with Crippen molar-refractivity contribution >= 4 is 0 Å². The van der Waals surface area contributed by atoms with Crippen molar-refractivity contribution in [3.63, 3.8) is 0 Å². The van der Waals surface area contributed by atoms with Gasteiger partial charge >= 0.3 is 0 Å². The number of nitrogens with one attached hydrogen (secondary N) is 1. The van der Waals surface area contributed by atoms with Gasteiger partial charge in [-0.1, -0.05) is 19.1 Å². The Kier molecular flexibility index (Phi) is 7.07. The maximum absolute atomic E-state index is 5.73. The van der Waals surface area contributed by atoms with Crippen LogP contribution in [0.25, 0.3) is 0 Å². The van der Waals surface area contributed by atoms with Crippen molar-refractivity contribution in [3.05, 3.63) is 29.3 Å². The van der Waals surface area contributed by atoms with Crippen molar-refractivity contribution in [2.75, 3.05) is 13.2 Å². The molecule has 0 amide bonds. The van der Waals surface area contributed by atoms with E-state index in [1.807, 2.05) is 6.92 Å². The summed E-state index contributed by atoms with van der Waals surface area (Å²) in [6.07, 6.45) is 1.94. The summed E-state index contributed by atoms with van der Waals surface area (Å²) in [6, 6.07) is 6.79. The van der Waals surface area contributed by atoms with Gasteiger partial charge in [-0.3, -0.25) is 0 Å². The minimum absolute atomic E-state index is 0.388. The highest BCUT2D eigenvalue weighted by Crippen LogP contribution is 2.22. The van der Waals surface area contributed by atoms with Crippen LogP contribution in [0.2, 0.25) is 0 Å². The van der Waals surface area contributed by atoms with Crippen LogP contribution in [-0.4, -0.2) is 13.2 Å². The fraction of sp³-hybridized carbons (Fsp3) is 0.529. The Balaban J connectivity index is 2.59. The Bertz CT molecular complexity index is 442. The molecule has 1 unspecified atom stereocenters. The second-order valence-corrected chi connectivity index (χ2v) is 4.73. The molecule has 0 aliphatic heterocycles. The van der Waals surface area contributed by atoms with E-state index in [-0.39, 0.29) is 0 Å². The number of ether oxygens (including phenoxy) is 1. The summed E-state index contributed by atoms with van der Waals surface area (Å²) in [5.41, 5.74) is 2.50. The SMILES string of the molecule is CC#CCCOc1ccc(C(C)NCCC)cc1C. The fourth-order valence-corrected chi connectivity index (χ4v) is 1.92. The molecule has 1 rings (SSSR count). The molecule has 0 aliphatic carbocycles. The van der Waals surface area contributed by atoms with Crippen molar-refractivity contribution in [2.45, 2.75) is 46.6 Å². The van der Waals surface area contributed by atoms with Crippen LogP contribution in [0.1, 0.15) is 50.8 Å². The summed E-state index contributed by atoms with van der Waals surface area (Å²) in [7, 11) is 0. The molecule has 0 spiro atoms. The van der Waals surface area contributed by atoms with Gasteiger partial charge in [0.1, 0.15) is 5.75 Å². The lowest BCUT2D eigenvalue weighted by Crippen LogP contribution is -2.19. The summed E-state index contributed by atoms with van der Waals surface area (Å²) in [4.78, 5) is 0. The molecule has 0 saturated carbocycles. The van der Waals surface area contributed by atoms with E-state index in [0.29, 0.717) is 12.6 Å². The van der Waals surface area contributed by atoms with E-state index in [2.05, 4.69) is 56.1 Å². The van der Waals surface area contributed by atoms with E-state index in [0.717, 1.165) is 25.1 Å². The van der Waals surface area contributed by atoms with Gasteiger partial charge in [0.15, 0.2) is 0 Å². The third-order valence-electron chi connectivity index (χ3n) is 3.06. The average Bonchev–Trinajstić information content (AvgIpc) is 2.42. The van der Waals surface area contributed by atoms with E-state index in [9.17, 15) is 0 Å². The molecule has 104 valence electrons. The summed E-state index contributed by atoms with van der Waals surface area (Å²) < 4.78 is 5.73. The monoisotopic (exact) mass is 259 g/mol. The van der Waals surface area contributed by atoms with E-state index in [1.165, 1.54) is 11.1 Å². The maximum Gasteiger partial charge on any atom is 0.122 e. The topological polar surface area (TPSA) is 21.3 Å². The van der Waals surface area contributed by atoms with Crippen molar-refractivity contribution < 1.29 is 4.74 Å². The van der Waals surface area contributed by atoms with Crippen molar-refractivity contribution in [1.29, 1.82) is 0 Å². The Morgan fingerprint density at radius 2 is 2.16 bits per heavy atom. The third-order valence-corrected chi connectivity index (χ3v) is 3.06. The van der Waals surface area contributed by atoms with E-state index >= 15 is 0 Å². The third kappa shape index (κ3) is 5.36. The molecular weight excluding hydrogens is 234 g/mol. The number of hydrogen-bond donors (Lipinski definition) is 1. The first-order valence-corrected chi connectivity index (χ1v) is 7.05. The van der Waals surface area contributed by atoms with Crippen LogP contribution in [0.15, 0.2) is 18.2 Å². The largest absolute Gasteiger partial charge is 0.492 e. The molecule has 2 nitrogen and oxygen atoms in total. The number of hydrogen-bond acceptors (Lipinski definition) is 2. The first kappa shape index (κ1) is 15.6. The fourth-order valence-electron chi connectivity index (χ4n) is 1.92. The van der Waals surface area contributed by atoms with Gasteiger partial charge in [-0.2, -0.15) is 0 Å². The first-order chi connectivity index (χ1) is 9.19. The van der Waals surface area contributed by atoms with Gasteiger partial charge in [-0.25, -0.2) is 0 Å². The average molecular weight is 259 g/mol. The highest BCUT2D eigenvalue weighted by Gasteiger charge is 2.07. The summed E-state index contributed by atoms with van der Waals surface area (Å²) >= 11 is 0. The van der Waals surface area contributed by atoms with E-state index in [4.69, 9.17) is 4.74 Å². The van der Waals surface area contributed by atoms with Gasteiger partial charge in [-0.15, -0.1) is 11.8 Å². The molecule has 1 N–H and O–H groups in total. The van der Waals surface area contributed by atoms with Crippen LogP contribution in [0.5, 0.6) is 5.75 Å². The van der Waals surface area contributed by atoms with Gasteiger partial charge in [0.25, 0.3) is 0 Å². The zero-order valence-corrected chi connectivity index (χ0v) is 12.5. The van der Waals surface area contributed by atoms with Crippen LogP contribution in [-0.2, 0) is 0 Å². The molecule has 0 heterocycles. The Morgan fingerprint density at radius 3 is 2.79 bits per heavy atom. The van der Waals surface area contributed by atoms with Crippen molar-refractivity contribution in [2.24, 2.45) is 0 Å². The lowest BCUT2D eigenvalue weighted by Gasteiger charge is -2.16. The van der Waals surface area contributed by atoms with E-state index in [1.54, 1.807) is 0 Å². The van der Waals surface area contributed by atoms with Crippen LogP contribution in [0.3, 0.4) is 0 Å². The predicted molar refractivity (Wildman–Crippen MR) is 81.4 cm³/mol.